The van der Waals surface area contributed by atoms with E-state index in [0.29, 0.717) is 6.42 Å². The maximum Gasteiger partial charge on any atom is 0.198 e. The predicted molar refractivity (Wildman–Crippen MR) is 51.8 cm³/mol. The van der Waals surface area contributed by atoms with Crippen molar-refractivity contribution >= 4 is 6.29 Å². The van der Waals surface area contributed by atoms with Crippen LogP contribution in [0.3, 0.4) is 0 Å². The Labute approximate surface area is 80.0 Å². The smallest absolute Gasteiger partial charge is 0.198 e. The van der Waals surface area contributed by atoms with Crippen molar-refractivity contribution in [2.24, 2.45) is 0 Å². The Bertz CT molecular complexity index is 173. The molecule has 0 amide bonds. The highest BCUT2D eigenvalue weighted by Crippen LogP contribution is 2.21. The van der Waals surface area contributed by atoms with Gasteiger partial charge in [-0.25, -0.2) is 0 Å². The first-order valence-electron chi connectivity index (χ1n) is 5.14. The van der Waals surface area contributed by atoms with Crippen molar-refractivity contribution < 1.29 is 9.53 Å². The second kappa shape index (κ2) is 6.70. The van der Waals surface area contributed by atoms with E-state index < -0.39 is 0 Å². The summed E-state index contributed by atoms with van der Waals surface area (Å²) in [6.45, 7) is 0. The molecule has 1 radical (unpaired) electrons. The molecule has 0 saturated carbocycles. The molecule has 0 spiro atoms. The van der Waals surface area contributed by atoms with Crippen LogP contribution in [0, 0.1) is 0 Å². The first-order chi connectivity index (χ1) is 6.43. The lowest BCUT2D eigenvalue weighted by Gasteiger charge is -1.97. The molecule has 1 aliphatic heterocycles. The third-order valence-corrected chi connectivity index (χ3v) is 2.24. The Hall–Kier alpha value is -0.790. The van der Waals surface area contributed by atoms with Crippen LogP contribution in [0.1, 0.15) is 51.4 Å². The van der Waals surface area contributed by atoms with E-state index in [1.165, 1.54) is 32.1 Å². The second-order valence-electron chi connectivity index (χ2n) is 3.47. The third-order valence-electron chi connectivity index (χ3n) is 2.24. The first kappa shape index (κ1) is 10.3. The Kier molecular flexibility index (Phi) is 5.30. The molecule has 2 heteroatoms. The topological polar surface area (TPSA) is 29.6 Å². The summed E-state index contributed by atoms with van der Waals surface area (Å²) in [7, 11) is 0. The van der Waals surface area contributed by atoms with Gasteiger partial charge < -0.3 is 4.74 Å². The monoisotopic (exact) mass is 181 g/mol. The Morgan fingerprint density at radius 1 is 1.08 bits per heavy atom. The summed E-state index contributed by atoms with van der Waals surface area (Å²) in [5, 5.41) is 0. The second-order valence-corrected chi connectivity index (χ2v) is 3.47. The van der Waals surface area contributed by atoms with Gasteiger partial charge in [-0.15, -0.1) is 0 Å². The first-order valence-corrected chi connectivity index (χ1v) is 5.14. The maximum absolute atomic E-state index is 9.88. The van der Waals surface area contributed by atoms with Crippen molar-refractivity contribution in [1.82, 2.24) is 0 Å². The van der Waals surface area contributed by atoms with Gasteiger partial charge in [0.15, 0.2) is 6.29 Å². The molecule has 1 rings (SSSR count). The minimum Gasteiger partial charge on any atom is -0.463 e. The number of rotatable bonds is 9. The van der Waals surface area contributed by atoms with Crippen molar-refractivity contribution in [1.29, 1.82) is 0 Å². The van der Waals surface area contributed by atoms with Crippen LogP contribution in [-0.4, -0.2) is 6.29 Å². The quantitative estimate of drug-likeness (QED) is 0.511. The molecule has 0 saturated heterocycles. The van der Waals surface area contributed by atoms with Gasteiger partial charge in [-0.1, -0.05) is 25.7 Å². The number of allylic oxidation sites excluding steroid dienone is 1. The fourth-order valence-corrected chi connectivity index (χ4v) is 1.36. The van der Waals surface area contributed by atoms with Crippen LogP contribution < -0.4 is 0 Å². The Balaban J connectivity index is 1.68. The van der Waals surface area contributed by atoms with Crippen molar-refractivity contribution in [3.63, 3.8) is 0 Å². The van der Waals surface area contributed by atoms with E-state index in [4.69, 9.17) is 4.74 Å². The number of hydrogen-bond donors (Lipinski definition) is 0. The van der Waals surface area contributed by atoms with Crippen molar-refractivity contribution in [2.75, 3.05) is 0 Å². The van der Waals surface area contributed by atoms with Gasteiger partial charge in [-0.05, 0) is 12.8 Å². The molecular weight excluding hydrogens is 164 g/mol. The van der Waals surface area contributed by atoms with Crippen molar-refractivity contribution in [3.05, 3.63) is 12.0 Å². The van der Waals surface area contributed by atoms with Crippen LogP contribution in [-0.2, 0) is 9.53 Å². The highest BCUT2D eigenvalue weighted by atomic mass is 16.5. The molecule has 0 aromatic heterocycles. The zero-order valence-electron chi connectivity index (χ0n) is 8.05. The molecule has 0 aromatic carbocycles. The maximum atomic E-state index is 9.88. The number of unbranched alkanes of at least 4 members (excludes halogenated alkanes) is 6. The van der Waals surface area contributed by atoms with Crippen molar-refractivity contribution in [3.8, 4) is 0 Å². The van der Waals surface area contributed by atoms with Gasteiger partial charge in [0, 0.05) is 12.8 Å². The molecule has 0 N–H and O–H groups in total. The summed E-state index contributed by atoms with van der Waals surface area (Å²) >= 11 is 0. The lowest BCUT2D eigenvalue weighted by molar-refractivity contribution is 0.470. The molecule has 0 bridgehead atoms. The predicted octanol–water partition coefficient (Wildman–Crippen LogP) is 3.09. The number of hydrogen-bond acceptors (Lipinski definition) is 2. The number of carbonyl (C=O) groups excluding carboxylic acids is 1. The van der Waals surface area contributed by atoms with E-state index in [0.717, 1.165) is 18.6 Å². The minimum atomic E-state index is 0.612. The van der Waals surface area contributed by atoms with Crippen LogP contribution in [0.2, 0.25) is 0 Å². The van der Waals surface area contributed by atoms with E-state index in [-0.39, 0.29) is 0 Å². The molecule has 0 unspecified atom stereocenters. The summed E-state index contributed by atoms with van der Waals surface area (Å²) in [6.07, 6.45) is 12.7. The molecule has 1 heterocycles. The van der Waals surface area contributed by atoms with E-state index in [2.05, 4.69) is 0 Å². The minimum absolute atomic E-state index is 0.612. The SMILES string of the molecule is O=[C]CCCCCCCCC1=CO1. The molecule has 0 atom stereocenters. The van der Waals surface area contributed by atoms with Crippen LogP contribution in [0.4, 0.5) is 0 Å². The molecule has 0 fully saturated rings. The third kappa shape index (κ3) is 6.38. The normalized spacial score (nSPS) is 13.4. The van der Waals surface area contributed by atoms with E-state index in [1.54, 1.807) is 0 Å². The summed E-state index contributed by atoms with van der Waals surface area (Å²) in [4.78, 5) is 9.88. The summed E-state index contributed by atoms with van der Waals surface area (Å²) in [5.74, 6) is 1.16. The molecule has 73 valence electrons. The average molecular weight is 181 g/mol. The van der Waals surface area contributed by atoms with E-state index >= 15 is 0 Å². The van der Waals surface area contributed by atoms with Crippen molar-refractivity contribution in [2.45, 2.75) is 51.4 Å². The van der Waals surface area contributed by atoms with Gasteiger partial charge >= 0.3 is 0 Å². The molecule has 2 nitrogen and oxygen atoms in total. The summed E-state index contributed by atoms with van der Waals surface area (Å²) < 4.78 is 4.92. The lowest BCUT2D eigenvalue weighted by atomic mass is 10.1. The van der Waals surface area contributed by atoms with E-state index in [1.807, 2.05) is 12.5 Å². The molecule has 0 aliphatic carbocycles. The van der Waals surface area contributed by atoms with Crippen LogP contribution in [0.15, 0.2) is 12.0 Å². The highest BCUT2D eigenvalue weighted by molar-refractivity contribution is 5.50. The number of ether oxygens (including phenoxy) is 1. The Morgan fingerprint density at radius 2 is 1.69 bits per heavy atom. The van der Waals surface area contributed by atoms with Crippen LogP contribution in [0.5, 0.6) is 0 Å². The molecular formula is C11H17O2. The van der Waals surface area contributed by atoms with Gasteiger partial charge in [-0.2, -0.15) is 0 Å². The van der Waals surface area contributed by atoms with Crippen LogP contribution >= 0.6 is 0 Å². The van der Waals surface area contributed by atoms with Gasteiger partial charge in [0.2, 0.25) is 0 Å². The average Bonchev–Trinajstić information content (AvgIpc) is 2.93. The Morgan fingerprint density at radius 3 is 2.31 bits per heavy atom. The zero-order valence-corrected chi connectivity index (χ0v) is 8.05. The van der Waals surface area contributed by atoms with Crippen LogP contribution in [0.25, 0.3) is 0 Å². The zero-order chi connectivity index (χ0) is 9.36. The molecule has 0 aromatic rings. The van der Waals surface area contributed by atoms with Gasteiger partial charge in [0.25, 0.3) is 0 Å². The summed E-state index contributed by atoms with van der Waals surface area (Å²) in [6, 6.07) is 0. The largest absolute Gasteiger partial charge is 0.463 e. The standard InChI is InChI=1S/C11H17O2/c12-9-7-5-3-1-2-4-6-8-11-10-13-11/h10H,1-8H2. The fraction of sp³-hybridized carbons (Fsp3) is 0.727. The molecule has 1 aliphatic rings. The molecule has 13 heavy (non-hydrogen) atoms. The lowest BCUT2D eigenvalue weighted by Crippen LogP contribution is -1.81. The van der Waals surface area contributed by atoms with E-state index in [9.17, 15) is 4.79 Å². The highest BCUT2D eigenvalue weighted by Gasteiger charge is 2.07. The van der Waals surface area contributed by atoms with Gasteiger partial charge in [0.1, 0.15) is 12.0 Å². The van der Waals surface area contributed by atoms with Gasteiger partial charge in [-0.3, -0.25) is 4.79 Å². The van der Waals surface area contributed by atoms with Gasteiger partial charge in [0.05, 0.1) is 0 Å². The fourth-order valence-electron chi connectivity index (χ4n) is 1.36. The summed E-state index contributed by atoms with van der Waals surface area (Å²) in [5.41, 5.74) is 0.